The van der Waals surface area contributed by atoms with Crippen LogP contribution in [0.5, 0.6) is 5.75 Å². The van der Waals surface area contributed by atoms with Crippen LogP contribution < -0.4 is 14.4 Å². The van der Waals surface area contributed by atoms with Gasteiger partial charge in [-0.25, -0.2) is 8.42 Å². The van der Waals surface area contributed by atoms with E-state index in [1.807, 2.05) is 38.1 Å². The van der Waals surface area contributed by atoms with Gasteiger partial charge in [-0.05, 0) is 66.8 Å². The van der Waals surface area contributed by atoms with Crippen molar-refractivity contribution in [3.05, 3.63) is 89.5 Å². The van der Waals surface area contributed by atoms with Crippen LogP contribution in [0.1, 0.15) is 49.8 Å². The van der Waals surface area contributed by atoms with Crippen molar-refractivity contribution in [2.24, 2.45) is 0 Å². The third-order valence-electron chi connectivity index (χ3n) is 6.88. The number of nitrogens with zero attached hydrogens (tertiary/aromatic N) is 2. The van der Waals surface area contributed by atoms with Gasteiger partial charge in [0.1, 0.15) is 18.3 Å². The number of rotatable bonds is 12. The SMILES string of the molecule is CCC(C(=O)NC)N(Cc1ccc(OC)cc1)C(=O)CN(c1ccc(C(C)C)cc1)S(=O)(=O)c1ccc(C)cc1. The highest BCUT2D eigenvalue weighted by atomic mass is 32.2. The quantitative estimate of drug-likeness (QED) is 0.338. The molecule has 214 valence electrons. The van der Waals surface area contributed by atoms with Crippen LogP contribution in [-0.2, 0) is 26.2 Å². The summed E-state index contributed by atoms with van der Waals surface area (Å²) in [4.78, 5) is 28.4. The molecule has 1 unspecified atom stereocenters. The second kappa shape index (κ2) is 13.5. The molecule has 0 aliphatic heterocycles. The van der Waals surface area contributed by atoms with E-state index >= 15 is 0 Å². The summed E-state index contributed by atoms with van der Waals surface area (Å²) >= 11 is 0. The van der Waals surface area contributed by atoms with E-state index in [-0.39, 0.29) is 23.3 Å². The molecule has 0 saturated heterocycles. The molecule has 0 fully saturated rings. The molecule has 1 atom stereocenters. The fourth-order valence-electron chi connectivity index (χ4n) is 4.41. The van der Waals surface area contributed by atoms with Gasteiger partial charge in [0.05, 0.1) is 17.7 Å². The summed E-state index contributed by atoms with van der Waals surface area (Å²) in [6, 6.07) is 20.1. The highest BCUT2D eigenvalue weighted by Gasteiger charge is 2.33. The largest absolute Gasteiger partial charge is 0.497 e. The average Bonchev–Trinajstić information content (AvgIpc) is 2.96. The van der Waals surface area contributed by atoms with Crippen molar-refractivity contribution in [2.75, 3.05) is 25.0 Å². The number of amides is 2. The summed E-state index contributed by atoms with van der Waals surface area (Å²) < 4.78 is 34.2. The average molecular weight is 566 g/mol. The zero-order valence-corrected chi connectivity index (χ0v) is 24.9. The summed E-state index contributed by atoms with van der Waals surface area (Å²) in [5.41, 5.74) is 3.13. The maximum Gasteiger partial charge on any atom is 0.264 e. The summed E-state index contributed by atoms with van der Waals surface area (Å²) in [5, 5.41) is 2.63. The number of aryl methyl sites for hydroxylation is 1. The topological polar surface area (TPSA) is 96.0 Å². The predicted octanol–water partition coefficient (Wildman–Crippen LogP) is 4.88. The lowest BCUT2D eigenvalue weighted by Gasteiger charge is -2.33. The minimum Gasteiger partial charge on any atom is -0.497 e. The van der Waals surface area contributed by atoms with E-state index in [0.717, 1.165) is 21.0 Å². The molecule has 9 heteroatoms. The third-order valence-corrected chi connectivity index (χ3v) is 8.67. The van der Waals surface area contributed by atoms with E-state index in [1.54, 1.807) is 55.6 Å². The number of likely N-dealkylation sites (N-methyl/N-ethyl adjacent to an activating group) is 1. The molecule has 2 amide bonds. The Morgan fingerprint density at radius 2 is 1.52 bits per heavy atom. The normalized spacial score (nSPS) is 12.1. The molecule has 0 aliphatic rings. The standard InChI is InChI=1S/C31H39N3O5S/c1-7-29(31(36)32-5)33(20-24-10-16-27(39-6)17-11-24)30(35)21-34(26-14-12-25(13-15-26)22(2)3)40(37,38)28-18-8-23(4)9-19-28/h8-19,22,29H,7,20-21H2,1-6H3,(H,32,36). The van der Waals surface area contributed by atoms with Crippen LogP contribution in [-0.4, -0.2) is 51.9 Å². The van der Waals surface area contributed by atoms with Crippen molar-refractivity contribution < 1.29 is 22.7 Å². The minimum atomic E-state index is -4.10. The zero-order valence-electron chi connectivity index (χ0n) is 24.0. The van der Waals surface area contributed by atoms with E-state index in [9.17, 15) is 18.0 Å². The van der Waals surface area contributed by atoms with Gasteiger partial charge >= 0.3 is 0 Å². The highest BCUT2D eigenvalue weighted by molar-refractivity contribution is 7.92. The number of carbonyl (C=O) groups is 2. The van der Waals surface area contributed by atoms with Crippen molar-refractivity contribution in [1.82, 2.24) is 10.2 Å². The Bertz CT molecular complexity index is 1390. The molecule has 3 rings (SSSR count). The highest BCUT2D eigenvalue weighted by Crippen LogP contribution is 2.27. The van der Waals surface area contributed by atoms with E-state index in [4.69, 9.17) is 4.74 Å². The fourth-order valence-corrected chi connectivity index (χ4v) is 5.82. The maximum atomic E-state index is 14.0. The number of anilines is 1. The predicted molar refractivity (Wildman–Crippen MR) is 158 cm³/mol. The Morgan fingerprint density at radius 1 is 0.925 bits per heavy atom. The van der Waals surface area contributed by atoms with Crippen molar-refractivity contribution >= 4 is 27.5 Å². The first-order chi connectivity index (χ1) is 19.0. The molecule has 0 bridgehead atoms. The van der Waals surface area contributed by atoms with Crippen LogP contribution in [0.25, 0.3) is 0 Å². The van der Waals surface area contributed by atoms with Gasteiger partial charge in [-0.15, -0.1) is 0 Å². The summed E-state index contributed by atoms with van der Waals surface area (Å²) in [6.07, 6.45) is 0.357. The second-order valence-electron chi connectivity index (χ2n) is 9.98. The van der Waals surface area contributed by atoms with Crippen LogP contribution in [0.2, 0.25) is 0 Å². The lowest BCUT2D eigenvalue weighted by molar-refractivity contribution is -0.140. The van der Waals surface area contributed by atoms with Crippen LogP contribution in [0.15, 0.2) is 77.7 Å². The maximum absolute atomic E-state index is 14.0. The first kappa shape index (κ1) is 30.7. The number of hydrogen-bond acceptors (Lipinski definition) is 5. The van der Waals surface area contributed by atoms with Crippen LogP contribution in [0.3, 0.4) is 0 Å². The van der Waals surface area contributed by atoms with E-state index in [2.05, 4.69) is 19.2 Å². The number of hydrogen-bond donors (Lipinski definition) is 1. The zero-order chi connectivity index (χ0) is 29.4. The van der Waals surface area contributed by atoms with Gasteiger partial charge in [0, 0.05) is 13.6 Å². The van der Waals surface area contributed by atoms with E-state index < -0.39 is 28.5 Å². The second-order valence-corrected chi connectivity index (χ2v) is 11.8. The third kappa shape index (κ3) is 7.21. The number of nitrogens with one attached hydrogen (secondary N) is 1. The number of ether oxygens (including phenoxy) is 1. The smallest absolute Gasteiger partial charge is 0.264 e. The first-order valence-corrected chi connectivity index (χ1v) is 14.8. The van der Waals surface area contributed by atoms with Gasteiger partial charge in [0.25, 0.3) is 10.0 Å². The molecule has 0 aliphatic carbocycles. The Balaban J connectivity index is 2.06. The van der Waals surface area contributed by atoms with Gasteiger partial charge < -0.3 is 15.0 Å². The Morgan fingerprint density at radius 3 is 2.02 bits per heavy atom. The summed E-state index contributed by atoms with van der Waals surface area (Å²) in [5.74, 6) is 0.115. The number of sulfonamides is 1. The van der Waals surface area contributed by atoms with Crippen molar-refractivity contribution in [2.45, 2.75) is 57.5 Å². The number of benzene rings is 3. The van der Waals surface area contributed by atoms with Gasteiger partial charge in [0.2, 0.25) is 11.8 Å². The molecule has 0 heterocycles. The van der Waals surface area contributed by atoms with Gasteiger partial charge in [-0.2, -0.15) is 0 Å². The molecule has 3 aromatic carbocycles. The molecular weight excluding hydrogens is 526 g/mol. The van der Waals surface area contributed by atoms with Gasteiger partial charge in [-0.3, -0.25) is 13.9 Å². The molecule has 40 heavy (non-hydrogen) atoms. The number of methoxy groups -OCH3 is 1. The fraction of sp³-hybridized carbons (Fsp3) is 0.355. The Kier molecular flexibility index (Phi) is 10.3. The lowest BCUT2D eigenvalue weighted by Crippen LogP contribution is -2.51. The van der Waals surface area contributed by atoms with Gasteiger partial charge in [0.15, 0.2) is 0 Å². The van der Waals surface area contributed by atoms with Gasteiger partial charge in [-0.1, -0.05) is 62.7 Å². The summed E-state index contributed by atoms with van der Waals surface area (Å²) in [6.45, 7) is 7.46. The lowest BCUT2D eigenvalue weighted by atomic mass is 10.0. The molecule has 0 radical (unpaired) electrons. The van der Waals surface area contributed by atoms with Crippen LogP contribution >= 0.6 is 0 Å². The number of carbonyl (C=O) groups excluding carboxylic acids is 2. The molecule has 0 saturated carbocycles. The molecule has 0 aromatic heterocycles. The Labute approximate surface area is 238 Å². The minimum absolute atomic E-state index is 0.0823. The van der Waals surface area contributed by atoms with Crippen molar-refractivity contribution in [1.29, 1.82) is 0 Å². The Hall–Kier alpha value is -3.85. The first-order valence-electron chi connectivity index (χ1n) is 13.3. The monoisotopic (exact) mass is 565 g/mol. The molecular formula is C31H39N3O5S. The van der Waals surface area contributed by atoms with Crippen LogP contribution in [0.4, 0.5) is 5.69 Å². The summed E-state index contributed by atoms with van der Waals surface area (Å²) in [7, 11) is -1.01. The van der Waals surface area contributed by atoms with Crippen molar-refractivity contribution in [3.8, 4) is 5.75 Å². The molecule has 1 N–H and O–H groups in total. The molecule has 3 aromatic rings. The van der Waals surface area contributed by atoms with Crippen molar-refractivity contribution in [3.63, 3.8) is 0 Å². The molecule has 8 nitrogen and oxygen atoms in total. The molecule has 0 spiro atoms. The van der Waals surface area contributed by atoms with Crippen LogP contribution in [0, 0.1) is 6.92 Å². The van der Waals surface area contributed by atoms with E-state index in [1.165, 1.54) is 11.9 Å². The van der Waals surface area contributed by atoms with E-state index in [0.29, 0.717) is 17.9 Å².